The van der Waals surface area contributed by atoms with Crippen LogP contribution in [-0.4, -0.2) is 0 Å². The molecular weight excluding hydrogens is 516 g/mol. The number of hydrogen-bond donors (Lipinski definition) is 1. The first-order valence-electron chi connectivity index (χ1n) is 11.5. The van der Waals surface area contributed by atoms with Gasteiger partial charge in [-0.2, -0.15) is 0 Å². The lowest BCUT2D eigenvalue weighted by Crippen LogP contribution is -2.40. The van der Waals surface area contributed by atoms with Crippen LogP contribution >= 0.6 is 23.2 Å². The summed E-state index contributed by atoms with van der Waals surface area (Å²) >= 11 is 3.58. The summed E-state index contributed by atoms with van der Waals surface area (Å²) in [6, 6.07) is 42.4. The quantitative estimate of drug-likeness (QED) is 0.196. The minimum absolute atomic E-state index is 0.196. The zero-order valence-electron chi connectivity index (χ0n) is 19.1. The van der Waals surface area contributed by atoms with Gasteiger partial charge in [-0.15, -0.1) is 0 Å². The van der Waals surface area contributed by atoms with Crippen LogP contribution in [0.5, 0.6) is 0 Å². The minimum Gasteiger partial charge on any atom is -0.398 e. The molecule has 0 spiro atoms. The number of nitrogen functional groups attached to an aromatic ring is 1. The van der Waals surface area contributed by atoms with Gasteiger partial charge in [0.15, 0.2) is 5.82 Å². The van der Waals surface area contributed by atoms with Crippen LogP contribution in [0.4, 0.5) is 10.1 Å². The number of benzene rings is 5. The van der Waals surface area contributed by atoms with E-state index in [4.69, 9.17) is 5.73 Å². The van der Waals surface area contributed by atoms with Crippen molar-refractivity contribution in [2.75, 3.05) is 5.73 Å². The molecule has 0 bridgehead atoms. The first-order valence-corrected chi connectivity index (χ1v) is 14.1. The molecule has 0 fully saturated rings. The van der Waals surface area contributed by atoms with Crippen LogP contribution < -0.4 is 27.0 Å². The van der Waals surface area contributed by atoms with Gasteiger partial charge in [0.1, 0.15) is 28.5 Å². The van der Waals surface area contributed by atoms with Gasteiger partial charge in [-0.05, 0) is 84.3 Å². The van der Waals surface area contributed by atoms with E-state index in [0.29, 0.717) is 6.42 Å². The highest BCUT2D eigenvalue weighted by atomic mass is 79.9. The van der Waals surface area contributed by atoms with Gasteiger partial charge in [0.2, 0.25) is 0 Å². The summed E-state index contributed by atoms with van der Waals surface area (Å²) in [7, 11) is -2.53. The molecule has 5 rings (SSSR count). The molecule has 5 aromatic carbocycles. The molecule has 0 amide bonds. The van der Waals surface area contributed by atoms with E-state index in [1.165, 1.54) is 0 Å². The molecule has 4 heteroatoms. The van der Waals surface area contributed by atoms with E-state index in [1.54, 1.807) is 6.07 Å². The Balaban J connectivity index is 1.81. The van der Waals surface area contributed by atoms with Crippen LogP contribution in [0.25, 0.3) is 0 Å². The summed E-state index contributed by atoms with van der Waals surface area (Å²) < 4.78 is 17.0. The van der Waals surface area contributed by atoms with Crippen LogP contribution in [0.3, 0.4) is 0 Å². The average Bonchev–Trinajstić information content (AvgIpc) is 2.90. The lowest BCUT2D eigenvalue weighted by Gasteiger charge is -2.28. The highest BCUT2D eigenvalue weighted by Gasteiger charge is 2.49. The van der Waals surface area contributed by atoms with Crippen molar-refractivity contribution in [3.8, 4) is 0 Å². The number of rotatable bonds is 6. The number of halogens is 2. The molecule has 0 aromatic heterocycles. The number of para-hydroxylation sites is 1. The molecule has 0 saturated heterocycles. The second kappa shape index (κ2) is 10.2. The van der Waals surface area contributed by atoms with Gasteiger partial charge in [0.05, 0.1) is 0 Å². The number of hydrogen-bond acceptors (Lipinski definition) is 1. The Labute approximate surface area is 214 Å². The Bertz CT molecular complexity index is 1400. The van der Waals surface area contributed by atoms with Crippen LogP contribution in [-0.2, 0) is 6.42 Å². The molecule has 0 saturated carbocycles. The van der Waals surface area contributed by atoms with E-state index in [0.717, 1.165) is 42.5 Å². The molecule has 0 radical (unpaired) electrons. The summed E-state index contributed by atoms with van der Waals surface area (Å²) in [5.41, 5.74) is 9.06. The largest absolute Gasteiger partial charge is 0.398 e. The predicted molar refractivity (Wildman–Crippen MR) is 153 cm³/mol. The normalized spacial score (nSPS) is 11.4. The predicted octanol–water partition coefficient (Wildman–Crippen LogP) is 6.38. The number of nitrogens with two attached hydrogens (primary N) is 1. The van der Waals surface area contributed by atoms with Crippen molar-refractivity contribution in [1.29, 1.82) is 0 Å². The summed E-state index contributed by atoms with van der Waals surface area (Å²) in [5, 5.41) is 4.06. The van der Waals surface area contributed by atoms with E-state index < -0.39 is 7.26 Å². The third kappa shape index (κ3) is 4.55. The SMILES string of the molecule is Nc1ccccc1Cc1ccc(F)c([P+](c2ccccc2)(c2ccccc2)c2ccc(Br)cc2)c1. The van der Waals surface area contributed by atoms with Crippen LogP contribution in [0.1, 0.15) is 11.1 Å². The smallest absolute Gasteiger partial charge is 0.166 e. The number of anilines is 1. The van der Waals surface area contributed by atoms with Gasteiger partial charge in [0.25, 0.3) is 0 Å². The van der Waals surface area contributed by atoms with Crippen molar-refractivity contribution in [3.63, 3.8) is 0 Å². The highest BCUT2D eigenvalue weighted by molar-refractivity contribution is 9.10. The third-order valence-corrected chi connectivity index (χ3v) is 11.1. The molecule has 0 aliphatic rings. The monoisotopic (exact) mass is 540 g/mol. The van der Waals surface area contributed by atoms with Crippen molar-refractivity contribution < 1.29 is 4.39 Å². The molecule has 0 heterocycles. The molecule has 1 nitrogen and oxygen atoms in total. The maximum atomic E-state index is 16.0. The van der Waals surface area contributed by atoms with Gasteiger partial charge in [-0.25, -0.2) is 4.39 Å². The first kappa shape index (κ1) is 23.5. The average molecular weight is 541 g/mol. The molecule has 2 N–H and O–H groups in total. The molecule has 172 valence electrons. The fraction of sp³-hybridized carbons (Fsp3) is 0.0323. The molecule has 0 aliphatic heterocycles. The van der Waals surface area contributed by atoms with Crippen molar-refractivity contribution in [2.24, 2.45) is 0 Å². The third-order valence-electron chi connectivity index (χ3n) is 6.32. The van der Waals surface area contributed by atoms with E-state index >= 15 is 4.39 Å². The van der Waals surface area contributed by atoms with Crippen molar-refractivity contribution in [2.45, 2.75) is 6.42 Å². The minimum atomic E-state index is -2.53. The van der Waals surface area contributed by atoms with Gasteiger partial charge in [-0.3, -0.25) is 0 Å². The fourth-order valence-electron chi connectivity index (χ4n) is 4.67. The van der Waals surface area contributed by atoms with E-state index in [1.807, 2.05) is 78.9 Å². The van der Waals surface area contributed by atoms with Gasteiger partial charge >= 0.3 is 0 Å². The Morgan fingerprint density at radius 3 is 1.77 bits per heavy atom. The van der Waals surface area contributed by atoms with E-state index in [-0.39, 0.29) is 5.82 Å². The van der Waals surface area contributed by atoms with Gasteiger partial charge in [0, 0.05) is 10.2 Å². The van der Waals surface area contributed by atoms with Crippen molar-refractivity contribution in [3.05, 3.63) is 149 Å². The zero-order valence-corrected chi connectivity index (χ0v) is 21.6. The maximum absolute atomic E-state index is 16.0. The zero-order chi connectivity index (χ0) is 24.3. The Morgan fingerprint density at radius 2 is 1.17 bits per heavy atom. The highest BCUT2D eigenvalue weighted by Crippen LogP contribution is 2.55. The lowest BCUT2D eigenvalue weighted by atomic mass is 10.0. The molecular formula is C31H25BrFNP+. The van der Waals surface area contributed by atoms with E-state index in [2.05, 4.69) is 58.4 Å². The lowest BCUT2D eigenvalue weighted by molar-refractivity contribution is 0.635. The standard InChI is InChI=1S/C31H25BrFNP/c32-25-16-18-28(19-17-25)35(26-10-3-1-4-11-26,27-12-5-2-6-13-27)31-22-23(15-20-29(31)33)21-24-9-7-8-14-30(24)34/h1-20,22H,21,34H2/q+1. The van der Waals surface area contributed by atoms with Crippen molar-refractivity contribution in [1.82, 2.24) is 0 Å². The van der Waals surface area contributed by atoms with Crippen LogP contribution in [0, 0.1) is 5.82 Å². The van der Waals surface area contributed by atoms with E-state index in [9.17, 15) is 0 Å². The van der Waals surface area contributed by atoms with Gasteiger partial charge in [-0.1, -0.05) is 76.6 Å². The molecule has 0 aliphatic carbocycles. The maximum Gasteiger partial charge on any atom is 0.166 e. The Kier molecular flexibility index (Phi) is 6.81. The molecule has 5 aromatic rings. The summed E-state index contributed by atoms with van der Waals surface area (Å²) in [4.78, 5) is 0. The fourth-order valence-corrected chi connectivity index (χ4v) is 9.26. The first-order chi connectivity index (χ1) is 17.1. The summed E-state index contributed by atoms with van der Waals surface area (Å²) in [6.07, 6.45) is 0.643. The Morgan fingerprint density at radius 1 is 0.629 bits per heavy atom. The Hall–Kier alpha value is -3.26. The molecule has 0 atom stereocenters. The summed E-state index contributed by atoms with van der Waals surface area (Å²) in [6.45, 7) is 0. The second-order valence-corrected chi connectivity index (χ2v) is 12.8. The van der Waals surface area contributed by atoms with Crippen LogP contribution in [0.15, 0.2) is 132 Å². The van der Waals surface area contributed by atoms with Crippen molar-refractivity contribution >= 4 is 50.1 Å². The second-order valence-electron chi connectivity index (χ2n) is 8.48. The molecule has 35 heavy (non-hydrogen) atoms. The van der Waals surface area contributed by atoms with Gasteiger partial charge < -0.3 is 5.73 Å². The topological polar surface area (TPSA) is 26.0 Å². The van der Waals surface area contributed by atoms with Crippen LogP contribution in [0.2, 0.25) is 0 Å². The summed E-state index contributed by atoms with van der Waals surface area (Å²) in [5.74, 6) is -0.196. The molecule has 0 unspecified atom stereocenters.